The average Bonchev–Trinajstić information content (AvgIpc) is 2.42. The van der Waals surface area contributed by atoms with Crippen molar-refractivity contribution in [2.45, 2.75) is 6.92 Å². The van der Waals surface area contributed by atoms with Gasteiger partial charge in [-0.2, -0.15) is 0 Å². The van der Waals surface area contributed by atoms with Crippen LogP contribution in [0.4, 0.5) is 0 Å². The summed E-state index contributed by atoms with van der Waals surface area (Å²) in [7, 11) is 0. The Balaban J connectivity index is 2.08. The number of aromatic nitrogens is 2. The van der Waals surface area contributed by atoms with Gasteiger partial charge in [-0.3, -0.25) is 0 Å². The van der Waals surface area contributed by atoms with Crippen molar-refractivity contribution in [1.82, 2.24) is 9.97 Å². The van der Waals surface area contributed by atoms with Gasteiger partial charge in [0.05, 0.1) is 10.9 Å². The van der Waals surface area contributed by atoms with Crippen LogP contribution in [0.5, 0.6) is 11.6 Å². The van der Waals surface area contributed by atoms with Crippen LogP contribution in [0.2, 0.25) is 0 Å². The predicted octanol–water partition coefficient (Wildman–Crippen LogP) is 3.73. The van der Waals surface area contributed by atoms with Crippen LogP contribution in [0.25, 0.3) is 10.9 Å². The van der Waals surface area contributed by atoms with Crippen molar-refractivity contribution in [2.75, 3.05) is 0 Å². The van der Waals surface area contributed by atoms with Crippen molar-refractivity contribution < 1.29 is 4.74 Å². The van der Waals surface area contributed by atoms with Crippen molar-refractivity contribution in [3.63, 3.8) is 0 Å². The molecule has 0 radical (unpaired) electrons. The van der Waals surface area contributed by atoms with Gasteiger partial charge >= 0.3 is 0 Å². The summed E-state index contributed by atoms with van der Waals surface area (Å²) in [6, 6.07) is 15.7. The maximum absolute atomic E-state index is 5.87. The SMILES string of the molecule is Cc1ccccc1Oc1ncnc2ccccc12. The molecule has 3 aromatic rings. The van der Waals surface area contributed by atoms with Crippen LogP contribution in [0, 0.1) is 6.92 Å². The molecule has 3 rings (SSSR count). The number of benzene rings is 2. The molecule has 2 aromatic carbocycles. The third kappa shape index (κ3) is 1.91. The first-order valence-electron chi connectivity index (χ1n) is 5.78. The fourth-order valence-corrected chi connectivity index (χ4v) is 1.84. The third-order valence-corrected chi connectivity index (χ3v) is 2.81. The van der Waals surface area contributed by atoms with E-state index >= 15 is 0 Å². The van der Waals surface area contributed by atoms with Gasteiger partial charge in [0, 0.05) is 0 Å². The Bertz CT molecular complexity index is 689. The van der Waals surface area contributed by atoms with Gasteiger partial charge in [-0.25, -0.2) is 9.97 Å². The average molecular weight is 236 g/mol. The third-order valence-electron chi connectivity index (χ3n) is 2.81. The maximum Gasteiger partial charge on any atom is 0.230 e. The summed E-state index contributed by atoms with van der Waals surface area (Å²) in [5.41, 5.74) is 1.97. The topological polar surface area (TPSA) is 35.0 Å². The van der Waals surface area contributed by atoms with Gasteiger partial charge in [0.2, 0.25) is 5.88 Å². The molecule has 0 atom stereocenters. The van der Waals surface area contributed by atoms with E-state index in [1.807, 2.05) is 55.5 Å². The molecule has 0 aliphatic carbocycles. The van der Waals surface area contributed by atoms with E-state index in [1.54, 1.807) is 0 Å². The van der Waals surface area contributed by atoms with E-state index in [0.717, 1.165) is 22.2 Å². The van der Waals surface area contributed by atoms with Crippen molar-refractivity contribution in [1.29, 1.82) is 0 Å². The van der Waals surface area contributed by atoms with Gasteiger partial charge in [0.25, 0.3) is 0 Å². The first-order valence-corrected chi connectivity index (χ1v) is 5.78. The van der Waals surface area contributed by atoms with Crippen LogP contribution in [-0.2, 0) is 0 Å². The lowest BCUT2D eigenvalue weighted by Crippen LogP contribution is -1.92. The zero-order valence-corrected chi connectivity index (χ0v) is 10.00. The molecule has 0 fully saturated rings. The van der Waals surface area contributed by atoms with E-state index in [1.165, 1.54) is 6.33 Å². The zero-order chi connectivity index (χ0) is 12.4. The Hall–Kier alpha value is -2.42. The molecular formula is C15H12N2O. The van der Waals surface area contributed by atoms with E-state index in [9.17, 15) is 0 Å². The second-order valence-electron chi connectivity index (χ2n) is 4.06. The van der Waals surface area contributed by atoms with Gasteiger partial charge in [-0.1, -0.05) is 30.3 Å². The predicted molar refractivity (Wildman–Crippen MR) is 70.8 cm³/mol. The molecule has 1 heterocycles. The van der Waals surface area contributed by atoms with Crippen LogP contribution in [0.3, 0.4) is 0 Å². The largest absolute Gasteiger partial charge is 0.438 e. The Morgan fingerprint density at radius 2 is 1.67 bits per heavy atom. The minimum atomic E-state index is 0.593. The number of aryl methyl sites for hydroxylation is 1. The van der Waals surface area contributed by atoms with Crippen LogP contribution < -0.4 is 4.74 Å². The lowest BCUT2D eigenvalue weighted by atomic mass is 10.2. The van der Waals surface area contributed by atoms with E-state index in [-0.39, 0.29) is 0 Å². The lowest BCUT2D eigenvalue weighted by molar-refractivity contribution is 0.464. The number of rotatable bonds is 2. The molecule has 88 valence electrons. The molecule has 0 spiro atoms. The minimum absolute atomic E-state index is 0.593. The summed E-state index contributed by atoms with van der Waals surface area (Å²) in [5.74, 6) is 1.41. The van der Waals surface area contributed by atoms with Gasteiger partial charge in [-0.05, 0) is 30.7 Å². The Labute approximate surface area is 105 Å². The summed E-state index contributed by atoms with van der Waals surface area (Å²) >= 11 is 0. The molecule has 0 bridgehead atoms. The Morgan fingerprint density at radius 1 is 0.889 bits per heavy atom. The fourth-order valence-electron chi connectivity index (χ4n) is 1.84. The van der Waals surface area contributed by atoms with Crippen molar-refractivity contribution in [2.24, 2.45) is 0 Å². The van der Waals surface area contributed by atoms with Crippen molar-refractivity contribution in [3.8, 4) is 11.6 Å². The van der Waals surface area contributed by atoms with Gasteiger partial charge in [0.1, 0.15) is 12.1 Å². The molecule has 18 heavy (non-hydrogen) atoms. The van der Waals surface area contributed by atoms with Crippen molar-refractivity contribution >= 4 is 10.9 Å². The molecule has 0 aliphatic rings. The van der Waals surface area contributed by atoms with Crippen LogP contribution in [-0.4, -0.2) is 9.97 Å². The smallest absolute Gasteiger partial charge is 0.230 e. The number of hydrogen-bond donors (Lipinski definition) is 0. The normalized spacial score (nSPS) is 10.5. The summed E-state index contributed by atoms with van der Waals surface area (Å²) in [5, 5.41) is 0.920. The number of ether oxygens (including phenoxy) is 1. The number of nitrogens with zero attached hydrogens (tertiary/aromatic N) is 2. The molecule has 1 aromatic heterocycles. The maximum atomic E-state index is 5.87. The molecule has 0 saturated heterocycles. The second-order valence-corrected chi connectivity index (χ2v) is 4.06. The van der Waals surface area contributed by atoms with Crippen LogP contribution in [0.15, 0.2) is 54.9 Å². The highest BCUT2D eigenvalue weighted by molar-refractivity contribution is 5.83. The lowest BCUT2D eigenvalue weighted by Gasteiger charge is -2.09. The molecule has 0 unspecified atom stereocenters. The Kier molecular flexibility index (Phi) is 2.65. The highest BCUT2D eigenvalue weighted by atomic mass is 16.5. The van der Waals surface area contributed by atoms with E-state index < -0.39 is 0 Å². The quantitative estimate of drug-likeness (QED) is 0.680. The van der Waals surface area contributed by atoms with Crippen LogP contribution >= 0.6 is 0 Å². The highest BCUT2D eigenvalue weighted by Crippen LogP contribution is 2.27. The fraction of sp³-hybridized carbons (Fsp3) is 0.0667. The first kappa shape index (κ1) is 10.7. The zero-order valence-electron chi connectivity index (χ0n) is 10.00. The molecule has 0 saturated carbocycles. The highest BCUT2D eigenvalue weighted by Gasteiger charge is 2.06. The minimum Gasteiger partial charge on any atom is -0.438 e. The van der Waals surface area contributed by atoms with Crippen molar-refractivity contribution in [3.05, 3.63) is 60.4 Å². The van der Waals surface area contributed by atoms with Gasteiger partial charge in [-0.15, -0.1) is 0 Å². The summed E-state index contributed by atoms with van der Waals surface area (Å²) in [6.45, 7) is 2.01. The van der Waals surface area contributed by atoms with E-state index in [4.69, 9.17) is 4.74 Å². The Morgan fingerprint density at radius 3 is 2.56 bits per heavy atom. The molecule has 0 aliphatic heterocycles. The number of para-hydroxylation sites is 2. The standard InChI is InChI=1S/C15H12N2O/c1-11-6-2-5-9-14(11)18-15-12-7-3-4-8-13(12)16-10-17-15/h2-10H,1H3. The number of fused-ring (bicyclic) bond motifs is 1. The first-order chi connectivity index (χ1) is 8.84. The molecule has 0 N–H and O–H groups in total. The molecule has 0 amide bonds. The molecule has 3 heteroatoms. The number of hydrogen-bond acceptors (Lipinski definition) is 3. The molecular weight excluding hydrogens is 224 g/mol. The second kappa shape index (κ2) is 4.45. The van der Waals surface area contributed by atoms with Gasteiger partial charge < -0.3 is 4.74 Å². The van der Waals surface area contributed by atoms with E-state index in [2.05, 4.69) is 9.97 Å². The van der Waals surface area contributed by atoms with Gasteiger partial charge in [0.15, 0.2) is 0 Å². The molecule has 3 nitrogen and oxygen atoms in total. The summed E-state index contributed by atoms with van der Waals surface area (Å²) < 4.78 is 5.87. The summed E-state index contributed by atoms with van der Waals surface area (Å²) in [6.07, 6.45) is 1.52. The summed E-state index contributed by atoms with van der Waals surface area (Å²) in [4.78, 5) is 8.42. The van der Waals surface area contributed by atoms with Crippen LogP contribution in [0.1, 0.15) is 5.56 Å². The monoisotopic (exact) mass is 236 g/mol. The van der Waals surface area contributed by atoms with E-state index in [0.29, 0.717) is 5.88 Å².